The summed E-state index contributed by atoms with van der Waals surface area (Å²) in [7, 11) is 0. The van der Waals surface area contributed by atoms with Crippen LogP contribution in [-0.2, 0) is 18.9 Å². The van der Waals surface area contributed by atoms with Gasteiger partial charge in [-0.3, -0.25) is 9.59 Å². The number of halogens is 9. The van der Waals surface area contributed by atoms with Crippen LogP contribution in [0.25, 0.3) is 22.2 Å². The van der Waals surface area contributed by atoms with Gasteiger partial charge < -0.3 is 10.3 Å². The van der Waals surface area contributed by atoms with E-state index in [0.717, 1.165) is 22.9 Å². The van der Waals surface area contributed by atoms with Gasteiger partial charge in [-0.25, -0.2) is 28.2 Å². The van der Waals surface area contributed by atoms with E-state index >= 15 is 0 Å². The minimum absolute atomic E-state index is 0.00332. The fraction of sp³-hybridized carbons (Fsp3) is 0.208. The fourth-order valence-corrected chi connectivity index (χ4v) is 3.34. The highest BCUT2D eigenvalue weighted by atomic mass is 19.4. The van der Waals surface area contributed by atoms with Gasteiger partial charge in [0.25, 0.3) is 11.1 Å². The lowest BCUT2D eigenvalue weighted by molar-refractivity contribution is -0.138. The van der Waals surface area contributed by atoms with E-state index in [2.05, 4.69) is 15.1 Å². The first-order chi connectivity index (χ1) is 19.1. The standard InChI is InChI=1S/C19H13F6N3O.C5H4F3N3O/c1-2-12(20)4-6-28-5-3-10-7-13(15(21)16(22)14(10)18(28)29)17-26-8-11(9-27-17)19(23,24)25;6-5(7,8)3-2(9)1-10-11-4(3)12/h3-5,7-9H,2,6H2,1H3;1H,(H3,9,11,12)/b12-4-;. The van der Waals surface area contributed by atoms with E-state index in [-0.39, 0.29) is 18.4 Å². The monoisotopic (exact) mass is 592 g/mol. The molecule has 0 radical (unpaired) electrons. The number of pyridine rings is 1. The van der Waals surface area contributed by atoms with Gasteiger partial charge in [-0.05, 0) is 30.0 Å². The Balaban J connectivity index is 0.000000322. The van der Waals surface area contributed by atoms with Crippen molar-refractivity contribution in [2.45, 2.75) is 32.2 Å². The minimum atomic E-state index is -4.74. The third-order valence-electron chi connectivity index (χ3n) is 5.38. The number of aromatic amines is 1. The number of nitrogens with zero attached hydrogens (tertiary/aromatic N) is 4. The van der Waals surface area contributed by atoms with Crippen LogP contribution in [0.2, 0.25) is 0 Å². The number of nitrogen functional groups attached to an aromatic ring is 1. The molecule has 3 aromatic heterocycles. The Labute approximate surface area is 223 Å². The number of allylic oxidation sites excluding steroid dienone is 2. The zero-order chi connectivity index (χ0) is 30.7. The Morgan fingerprint density at radius 1 is 1.02 bits per heavy atom. The largest absolute Gasteiger partial charge is 0.423 e. The molecule has 0 fully saturated rings. The maximum atomic E-state index is 14.6. The predicted octanol–water partition coefficient (Wildman–Crippen LogP) is 5.39. The van der Waals surface area contributed by atoms with Crippen LogP contribution < -0.4 is 16.9 Å². The van der Waals surface area contributed by atoms with Gasteiger partial charge in [0.2, 0.25) is 0 Å². The SMILES string of the molecule is CC/C(F)=C/Cn1ccc2cc(-c3ncc(C(F)(F)F)cn3)c(F)c(F)c2c1=O.Nc1cn[nH]c(=O)c1C(F)(F)F. The molecule has 0 amide bonds. The van der Waals surface area contributed by atoms with Gasteiger partial charge in [-0.2, -0.15) is 31.4 Å². The van der Waals surface area contributed by atoms with Crippen LogP contribution in [0.4, 0.5) is 45.2 Å². The normalized spacial score (nSPS) is 12.3. The summed E-state index contributed by atoms with van der Waals surface area (Å²) in [6.07, 6.45) is -5.22. The number of aromatic nitrogens is 5. The Hall–Kier alpha value is -4.70. The molecule has 0 aliphatic carbocycles. The molecule has 3 N–H and O–H groups in total. The minimum Gasteiger partial charge on any atom is -0.397 e. The molecule has 4 rings (SSSR count). The molecular weight excluding hydrogens is 575 g/mol. The van der Waals surface area contributed by atoms with E-state index in [9.17, 15) is 49.1 Å². The molecule has 1 aromatic carbocycles. The molecule has 17 heteroatoms. The second-order valence-corrected chi connectivity index (χ2v) is 8.11. The lowest BCUT2D eigenvalue weighted by Crippen LogP contribution is -2.24. The first kappa shape index (κ1) is 30.8. The number of hydrogen-bond donors (Lipinski definition) is 2. The van der Waals surface area contributed by atoms with Crippen LogP contribution in [0, 0.1) is 11.6 Å². The van der Waals surface area contributed by atoms with Gasteiger partial charge in [-0.15, -0.1) is 0 Å². The number of H-pyrrole nitrogens is 1. The number of nitrogens with one attached hydrogen (secondary N) is 1. The Morgan fingerprint density at radius 2 is 1.66 bits per heavy atom. The lowest BCUT2D eigenvalue weighted by atomic mass is 10.1. The van der Waals surface area contributed by atoms with E-state index in [1.807, 2.05) is 0 Å². The molecule has 41 heavy (non-hydrogen) atoms. The molecule has 0 saturated carbocycles. The summed E-state index contributed by atoms with van der Waals surface area (Å²) in [5.41, 5.74) is -1.01. The van der Waals surface area contributed by atoms with Crippen LogP contribution in [0.3, 0.4) is 0 Å². The molecule has 0 aliphatic rings. The lowest BCUT2D eigenvalue weighted by Gasteiger charge is -2.10. The number of rotatable bonds is 4. The maximum Gasteiger partial charge on any atom is 0.423 e. The molecule has 3 heterocycles. The van der Waals surface area contributed by atoms with Crippen molar-refractivity contribution in [1.29, 1.82) is 0 Å². The molecule has 8 nitrogen and oxygen atoms in total. The summed E-state index contributed by atoms with van der Waals surface area (Å²) >= 11 is 0. The quantitative estimate of drug-likeness (QED) is 0.307. The maximum absolute atomic E-state index is 14.6. The molecule has 0 spiro atoms. The van der Waals surface area contributed by atoms with Crippen molar-refractivity contribution >= 4 is 16.5 Å². The van der Waals surface area contributed by atoms with Crippen LogP contribution in [0.1, 0.15) is 24.5 Å². The molecule has 0 saturated heterocycles. The van der Waals surface area contributed by atoms with Crippen LogP contribution in [0.5, 0.6) is 0 Å². The topological polar surface area (TPSA) is 120 Å². The summed E-state index contributed by atoms with van der Waals surface area (Å²) in [6.45, 7) is 1.41. The number of benzene rings is 1. The first-order valence-electron chi connectivity index (χ1n) is 11.2. The fourth-order valence-electron chi connectivity index (χ4n) is 3.34. The molecule has 0 aliphatic heterocycles. The summed E-state index contributed by atoms with van der Waals surface area (Å²) in [5, 5.41) is 4.18. The Morgan fingerprint density at radius 3 is 2.17 bits per heavy atom. The molecule has 0 atom stereocenters. The van der Waals surface area contributed by atoms with Gasteiger partial charge in [-0.1, -0.05) is 6.92 Å². The summed E-state index contributed by atoms with van der Waals surface area (Å²) in [6, 6.07) is 2.38. The second kappa shape index (κ2) is 11.8. The van der Waals surface area contributed by atoms with E-state index in [0.29, 0.717) is 12.4 Å². The van der Waals surface area contributed by atoms with Crippen molar-refractivity contribution in [3.05, 3.63) is 92.3 Å². The van der Waals surface area contributed by atoms with Gasteiger partial charge in [0.05, 0.1) is 34.2 Å². The number of fused-ring (bicyclic) bond motifs is 1. The molecule has 0 bridgehead atoms. The number of alkyl halides is 6. The highest BCUT2D eigenvalue weighted by molar-refractivity contribution is 5.86. The summed E-state index contributed by atoms with van der Waals surface area (Å²) in [5.74, 6) is -3.88. The molecular formula is C24H17F9N6O2. The smallest absolute Gasteiger partial charge is 0.397 e. The number of nitrogens with two attached hydrogens (primary N) is 1. The van der Waals surface area contributed by atoms with E-state index in [1.54, 1.807) is 12.0 Å². The molecule has 0 unspecified atom stereocenters. The van der Waals surface area contributed by atoms with Gasteiger partial charge in [0.1, 0.15) is 5.56 Å². The number of anilines is 1. The average Bonchev–Trinajstić information content (AvgIpc) is 2.89. The molecule has 218 valence electrons. The van der Waals surface area contributed by atoms with Gasteiger partial charge in [0.15, 0.2) is 17.5 Å². The Bertz CT molecular complexity index is 1710. The van der Waals surface area contributed by atoms with Crippen molar-refractivity contribution < 1.29 is 39.5 Å². The Kier molecular flexibility index (Phi) is 8.88. The third kappa shape index (κ3) is 6.90. The van der Waals surface area contributed by atoms with Crippen LogP contribution >= 0.6 is 0 Å². The summed E-state index contributed by atoms with van der Waals surface area (Å²) in [4.78, 5) is 29.9. The van der Waals surface area contributed by atoms with Crippen molar-refractivity contribution in [3.8, 4) is 11.4 Å². The summed E-state index contributed by atoms with van der Waals surface area (Å²) < 4.78 is 117. The highest BCUT2D eigenvalue weighted by Crippen LogP contribution is 2.31. The zero-order valence-corrected chi connectivity index (χ0v) is 20.5. The second-order valence-electron chi connectivity index (χ2n) is 8.11. The van der Waals surface area contributed by atoms with E-state index in [1.165, 1.54) is 12.3 Å². The zero-order valence-electron chi connectivity index (χ0n) is 20.5. The highest BCUT2D eigenvalue weighted by Gasteiger charge is 2.36. The molecule has 4 aromatic rings. The van der Waals surface area contributed by atoms with Crippen molar-refractivity contribution in [2.75, 3.05) is 5.73 Å². The number of hydrogen-bond acceptors (Lipinski definition) is 6. The van der Waals surface area contributed by atoms with E-state index in [4.69, 9.17) is 5.73 Å². The predicted molar refractivity (Wildman–Crippen MR) is 128 cm³/mol. The van der Waals surface area contributed by atoms with Crippen LogP contribution in [-0.4, -0.2) is 24.7 Å². The van der Waals surface area contributed by atoms with Crippen LogP contribution in [0.15, 0.2) is 58.4 Å². The van der Waals surface area contributed by atoms with Crippen molar-refractivity contribution in [2.24, 2.45) is 0 Å². The van der Waals surface area contributed by atoms with Crippen molar-refractivity contribution in [3.63, 3.8) is 0 Å². The van der Waals surface area contributed by atoms with E-state index < -0.39 is 74.5 Å². The van der Waals surface area contributed by atoms with Crippen molar-refractivity contribution in [1.82, 2.24) is 24.7 Å². The van der Waals surface area contributed by atoms with Gasteiger partial charge >= 0.3 is 12.4 Å². The average molecular weight is 592 g/mol. The first-order valence-corrected chi connectivity index (χ1v) is 11.2. The van der Waals surface area contributed by atoms with Gasteiger partial charge in [0, 0.05) is 25.1 Å². The third-order valence-corrected chi connectivity index (χ3v) is 5.38.